The minimum absolute atomic E-state index is 0.0585. The van der Waals surface area contributed by atoms with E-state index in [9.17, 15) is 23.1 Å². The molecule has 0 amide bonds. The molecule has 8 heteroatoms. The number of nitrogens with zero attached hydrogens (tertiary/aromatic N) is 1. The molecule has 1 unspecified atom stereocenters. The van der Waals surface area contributed by atoms with Gasteiger partial charge in [0.1, 0.15) is 6.61 Å². The van der Waals surface area contributed by atoms with Crippen LogP contribution in [0.4, 0.5) is 18.0 Å². The lowest BCUT2D eigenvalue weighted by molar-refractivity contribution is -0.230. The van der Waals surface area contributed by atoms with Crippen molar-refractivity contribution in [2.45, 2.75) is 31.7 Å². The first-order chi connectivity index (χ1) is 10.9. The van der Waals surface area contributed by atoms with E-state index in [0.29, 0.717) is 0 Å². The second-order valence-corrected chi connectivity index (χ2v) is 5.37. The molecule has 1 aromatic rings. The Morgan fingerprint density at radius 1 is 1.26 bits per heavy atom. The van der Waals surface area contributed by atoms with Crippen LogP contribution in [0.15, 0.2) is 30.3 Å². The quantitative estimate of drug-likeness (QED) is 0.859. The highest BCUT2D eigenvalue weighted by molar-refractivity contribution is 5.59. The SMILES string of the molecule is O=C(OCc1ccccc1)ON1CCC(C(O)C(F)(F)F)CC1. The largest absolute Gasteiger partial charge is 0.528 e. The van der Waals surface area contributed by atoms with Gasteiger partial charge in [-0.1, -0.05) is 30.3 Å². The molecule has 1 saturated heterocycles. The molecule has 1 fully saturated rings. The third kappa shape index (κ3) is 5.40. The van der Waals surface area contributed by atoms with Crippen LogP contribution in [-0.2, 0) is 16.2 Å². The van der Waals surface area contributed by atoms with E-state index in [2.05, 4.69) is 0 Å². The van der Waals surface area contributed by atoms with E-state index in [1.807, 2.05) is 6.07 Å². The van der Waals surface area contributed by atoms with Crippen LogP contribution in [0.2, 0.25) is 0 Å². The first-order valence-electron chi connectivity index (χ1n) is 7.24. The van der Waals surface area contributed by atoms with Crippen LogP contribution >= 0.6 is 0 Å². The molecule has 128 valence electrons. The second kappa shape index (κ2) is 7.65. The van der Waals surface area contributed by atoms with Crippen molar-refractivity contribution in [3.8, 4) is 0 Å². The number of alkyl halides is 3. The lowest BCUT2D eigenvalue weighted by Crippen LogP contribution is -2.43. The number of hydrogen-bond acceptors (Lipinski definition) is 5. The molecule has 0 aromatic heterocycles. The monoisotopic (exact) mass is 333 g/mol. The molecule has 5 nitrogen and oxygen atoms in total. The van der Waals surface area contributed by atoms with Gasteiger partial charge in [-0.3, -0.25) is 0 Å². The zero-order chi connectivity index (χ0) is 16.9. The number of aliphatic hydroxyl groups is 1. The molecule has 1 aromatic carbocycles. The normalized spacial score (nSPS) is 18.4. The van der Waals surface area contributed by atoms with E-state index in [-0.39, 0.29) is 32.5 Å². The molecule has 0 saturated carbocycles. The predicted molar refractivity (Wildman–Crippen MR) is 74.1 cm³/mol. The maximum atomic E-state index is 12.4. The summed E-state index contributed by atoms with van der Waals surface area (Å²) in [5, 5.41) is 10.5. The van der Waals surface area contributed by atoms with Gasteiger partial charge in [0.2, 0.25) is 0 Å². The summed E-state index contributed by atoms with van der Waals surface area (Å²) >= 11 is 0. The van der Waals surface area contributed by atoms with Crippen molar-refractivity contribution in [2.75, 3.05) is 13.1 Å². The lowest BCUT2D eigenvalue weighted by atomic mass is 9.92. The van der Waals surface area contributed by atoms with E-state index in [4.69, 9.17) is 9.57 Å². The Bertz CT molecular complexity index is 501. The zero-order valence-corrected chi connectivity index (χ0v) is 12.3. The van der Waals surface area contributed by atoms with Gasteiger partial charge in [0.15, 0.2) is 6.10 Å². The number of carbonyl (C=O) groups excluding carboxylic acids is 1. The minimum Gasteiger partial charge on any atom is -0.428 e. The highest BCUT2D eigenvalue weighted by Gasteiger charge is 2.44. The molecule has 0 spiro atoms. The van der Waals surface area contributed by atoms with Gasteiger partial charge in [-0.25, -0.2) is 4.79 Å². The van der Waals surface area contributed by atoms with Gasteiger partial charge in [-0.2, -0.15) is 13.2 Å². The Morgan fingerprint density at radius 2 is 1.87 bits per heavy atom. The van der Waals surface area contributed by atoms with Crippen molar-refractivity contribution in [1.82, 2.24) is 5.06 Å². The fraction of sp³-hybridized carbons (Fsp3) is 0.533. The fourth-order valence-electron chi connectivity index (χ4n) is 2.40. The van der Waals surface area contributed by atoms with Crippen molar-refractivity contribution in [3.63, 3.8) is 0 Å². The summed E-state index contributed by atoms with van der Waals surface area (Å²) in [5.41, 5.74) is 0.802. The van der Waals surface area contributed by atoms with Gasteiger partial charge in [0, 0.05) is 13.1 Å². The number of ether oxygens (including phenoxy) is 1. The maximum Gasteiger partial charge on any atom is 0.528 e. The molecule has 0 bridgehead atoms. The van der Waals surface area contributed by atoms with Crippen molar-refractivity contribution in [3.05, 3.63) is 35.9 Å². The van der Waals surface area contributed by atoms with Crippen molar-refractivity contribution in [2.24, 2.45) is 5.92 Å². The molecule has 0 radical (unpaired) electrons. The standard InChI is InChI=1S/C15H18F3NO4/c16-15(17,18)13(20)12-6-8-19(9-7-12)23-14(21)22-10-11-4-2-1-3-5-11/h1-5,12-13,20H,6-10H2. The number of hydrogen-bond donors (Lipinski definition) is 1. The fourth-order valence-corrected chi connectivity index (χ4v) is 2.40. The Kier molecular flexibility index (Phi) is 5.84. The van der Waals surface area contributed by atoms with Crippen LogP contribution in [0.3, 0.4) is 0 Å². The zero-order valence-electron chi connectivity index (χ0n) is 12.3. The molecule has 1 atom stereocenters. The van der Waals surface area contributed by atoms with Crippen LogP contribution < -0.4 is 0 Å². The molecular weight excluding hydrogens is 315 g/mol. The third-order valence-corrected chi connectivity index (χ3v) is 3.68. The van der Waals surface area contributed by atoms with Crippen LogP contribution in [-0.4, -0.2) is 41.7 Å². The van der Waals surface area contributed by atoms with Gasteiger partial charge < -0.3 is 14.7 Å². The number of piperidine rings is 1. The summed E-state index contributed by atoms with van der Waals surface area (Å²) < 4.78 is 42.2. The summed E-state index contributed by atoms with van der Waals surface area (Å²) in [6.07, 6.45) is -7.68. The van der Waals surface area contributed by atoms with Crippen molar-refractivity contribution >= 4 is 6.16 Å². The van der Waals surface area contributed by atoms with Gasteiger partial charge in [-0.05, 0) is 24.3 Å². The number of aliphatic hydroxyl groups excluding tert-OH is 1. The van der Waals surface area contributed by atoms with E-state index < -0.39 is 24.4 Å². The number of rotatable bonds is 4. The first-order valence-corrected chi connectivity index (χ1v) is 7.24. The summed E-state index contributed by atoms with van der Waals surface area (Å²) in [6.45, 7) is 0.305. The van der Waals surface area contributed by atoms with Gasteiger partial charge in [0.25, 0.3) is 0 Å². The summed E-state index contributed by atoms with van der Waals surface area (Å²) in [7, 11) is 0. The maximum absolute atomic E-state index is 12.4. The first kappa shape index (κ1) is 17.6. The third-order valence-electron chi connectivity index (χ3n) is 3.68. The molecule has 1 heterocycles. The smallest absolute Gasteiger partial charge is 0.428 e. The second-order valence-electron chi connectivity index (χ2n) is 5.37. The molecule has 1 aliphatic heterocycles. The Balaban J connectivity index is 1.70. The van der Waals surface area contributed by atoms with E-state index >= 15 is 0 Å². The van der Waals surface area contributed by atoms with Gasteiger partial charge >= 0.3 is 12.3 Å². The molecule has 1 N–H and O–H groups in total. The average Bonchev–Trinajstić information content (AvgIpc) is 2.53. The van der Waals surface area contributed by atoms with E-state index in [1.165, 1.54) is 5.06 Å². The lowest BCUT2D eigenvalue weighted by Gasteiger charge is -2.33. The number of benzene rings is 1. The Hall–Kier alpha value is -1.80. The number of carbonyl (C=O) groups is 1. The molecule has 23 heavy (non-hydrogen) atoms. The number of halogens is 3. The van der Waals surface area contributed by atoms with E-state index in [0.717, 1.165) is 5.56 Å². The molecule has 0 aliphatic carbocycles. The van der Waals surface area contributed by atoms with Crippen molar-refractivity contribution in [1.29, 1.82) is 0 Å². The average molecular weight is 333 g/mol. The van der Waals surface area contributed by atoms with Crippen LogP contribution in [0, 0.1) is 5.92 Å². The Labute approximate surface area is 131 Å². The molecular formula is C15H18F3NO4. The van der Waals surface area contributed by atoms with Crippen LogP contribution in [0.5, 0.6) is 0 Å². The highest BCUT2D eigenvalue weighted by Crippen LogP contribution is 2.31. The van der Waals surface area contributed by atoms with E-state index in [1.54, 1.807) is 24.3 Å². The topological polar surface area (TPSA) is 59.0 Å². The predicted octanol–water partition coefficient (Wildman–Crippen LogP) is 2.89. The number of hydroxylamine groups is 2. The van der Waals surface area contributed by atoms with Gasteiger partial charge in [0.05, 0.1) is 0 Å². The van der Waals surface area contributed by atoms with Gasteiger partial charge in [-0.15, -0.1) is 5.06 Å². The highest BCUT2D eigenvalue weighted by atomic mass is 19.4. The van der Waals surface area contributed by atoms with Crippen LogP contribution in [0.25, 0.3) is 0 Å². The Morgan fingerprint density at radius 3 is 2.43 bits per heavy atom. The summed E-state index contributed by atoms with van der Waals surface area (Å²) in [5.74, 6) is -0.879. The minimum atomic E-state index is -4.62. The summed E-state index contributed by atoms with van der Waals surface area (Å²) in [4.78, 5) is 16.5. The molecule has 1 aliphatic rings. The van der Waals surface area contributed by atoms with Crippen LogP contribution in [0.1, 0.15) is 18.4 Å². The molecule has 2 rings (SSSR count). The van der Waals surface area contributed by atoms with Crippen molar-refractivity contribution < 1.29 is 32.6 Å². The summed E-state index contributed by atoms with van der Waals surface area (Å²) in [6, 6.07) is 9.03.